The number of nitrogens with zero attached hydrogens (tertiary/aromatic N) is 1. The van der Waals surface area contributed by atoms with E-state index in [9.17, 15) is 9.90 Å². The number of carbonyl (C=O) groups is 1. The fourth-order valence-electron chi connectivity index (χ4n) is 4.88. The van der Waals surface area contributed by atoms with E-state index in [0.717, 1.165) is 18.5 Å². The molecule has 0 unspecified atom stereocenters. The standard InChI is InChI=1S/C20H27NO6/c22-19(23)13-27-18-4-2-1-3-14(18)9-21-10-15-11-26-8-6-20(15,24)16-12-25-7-5-17(16)21/h1-4,15-17,24H,5-13H2,(H,22,23)/t15-,16+,17-,20-/m0/s1. The first kappa shape index (κ1) is 18.7. The van der Waals surface area contributed by atoms with Gasteiger partial charge in [-0.2, -0.15) is 0 Å². The van der Waals surface area contributed by atoms with Gasteiger partial charge in [-0.05, 0) is 12.5 Å². The smallest absolute Gasteiger partial charge is 0.341 e. The second-order valence-electron chi connectivity index (χ2n) is 7.77. The minimum atomic E-state index is -0.989. The average Bonchev–Trinajstić information content (AvgIpc) is 2.68. The van der Waals surface area contributed by atoms with E-state index in [-0.39, 0.29) is 24.5 Å². The number of piperidine rings is 1. The van der Waals surface area contributed by atoms with Crippen molar-refractivity contribution in [3.8, 4) is 5.75 Å². The van der Waals surface area contributed by atoms with Crippen LogP contribution < -0.4 is 4.74 Å². The maximum atomic E-state index is 11.4. The molecule has 3 aliphatic rings. The quantitative estimate of drug-likeness (QED) is 0.795. The second-order valence-corrected chi connectivity index (χ2v) is 7.77. The highest BCUT2D eigenvalue weighted by Gasteiger charge is 2.55. The molecular formula is C20H27NO6. The Kier molecular flexibility index (Phi) is 5.36. The van der Waals surface area contributed by atoms with Crippen LogP contribution in [0, 0.1) is 11.8 Å². The molecule has 0 bridgehead atoms. The summed E-state index contributed by atoms with van der Waals surface area (Å²) in [6.07, 6.45) is 1.55. The number of fused-ring (bicyclic) bond motifs is 3. The molecule has 3 heterocycles. The van der Waals surface area contributed by atoms with Crippen molar-refractivity contribution in [3.63, 3.8) is 0 Å². The highest BCUT2D eigenvalue weighted by atomic mass is 16.5. The molecule has 7 nitrogen and oxygen atoms in total. The van der Waals surface area contributed by atoms with Gasteiger partial charge in [0.2, 0.25) is 0 Å². The number of para-hydroxylation sites is 1. The van der Waals surface area contributed by atoms with Crippen LogP contribution in [0.15, 0.2) is 24.3 Å². The zero-order valence-corrected chi connectivity index (χ0v) is 15.4. The van der Waals surface area contributed by atoms with Crippen LogP contribution in [0.4, 0.5) is 0 Å². The van der Waals surface area contributed by atoms with Crippen molar-refractivity contribution in [2.45, 2.75) is 31.0 Å². The van der Waals surface area contributed by atoms with Crippen molar-refractivity contribution in [3.05, 3.63) is 29.8 Å². The summed E-state index contributed by atoms with van der Waals surface area (Å²) in [5.41, 5.74) is 0.241. The van der Waals surface area contributed by atoms with Gasteiger partial charge < -0.3 is 24.4 Å². The lowest BCUT2D eigenvalue weighted by molar-refractivity contribution is -0.221. The van der Waals surface area contributed by atoms with E-state index in [0.29, 0.717) is 45.1 Å². The van der Waals surface area contributed by atoms with E-state index in [1.54, 1.807) is 0 Å². The molecule has 4 atom stereocenters. The van der Waals surface area contributed by atoms with Gasteiger partial charge in [0.15, 0.2) is 6.61 Å². The highest BCUT2D eigenvalue weighted by Crippen LogP contribution is 2.44. The Morgan fingerprint density at radius 3 is 2.93 bits per heavy atom. The molecule has 1 aromatic carbocycles. The van der Waals surface area contributed by atoms with E-state index in [2.05, 4.69) is 4.90 Å². The minimum absolute atomic E-state index is 0.0568. The van der Waals surface area contributed by atoms with Crippen LogP contribution in [0.2, 0.25) is 0 Å². The first-order chi connectivity index (χ1) is 13.1. The van der Waals surface area contributed by atoms with Crippen molar-refractivity contribution in [2.24, 2.45) is 11.8 Å². The number of hydrogen-bond donors (Lipinski definition) is 2. The zero-order chi connectivity index (χ0) is 18.9. The average molecular weight is 377 g/mol. The Labute approximate surface area is 158 Å². The summed E-state index contributed by atoms with van der Waals surface area (Å²) in [4.78, 5) is 13.3. The van der Waals surface area contributed by atoms with Crippen LogP contribution in [0.25, 0.3) is 0 Å². The van der Waals surface area contributed by atoms with E-state index in [1.165, 1.54) is 0 Å². The predicted octanol–water partition coefficient (Wildman–Crippen LogP) is 1.14. The van der Waals surface area contributed by atoms with Gasteiger partial charge in [0.05, 0.1) is 18.8 Å². The van der Waals surface area contributed by atoms with Gasteiger partial charge in [-0.15, -0.1) is 0 Å². The molecule has 2 N–H and O–H groups in total. The van der Waals surface area contributed by atoms with Crippen molar-refractivity contribution in [1.82, 2.24) is 4.90 Å². The number of carboxylic acid groups (broad SMARTS) is 1. The maximum Gasteiger partial charge on any atom is 0.341 e. The van der Waals surface area contributed by atoms with Gasteiger partial charge in [0.1, 0.15) is 5.75 Å². The Morgan fingerprint density at radius 2 is 2.07 bits per heavy atom. The van der Waals surface area contributed by atoms with E-state index in [1.807, 2.05) is 24.3 Å². The highest BCUT2D eigenvalue weighted by molar-refractivity contribution is 5.68. The van der Waals surface area contributed by atoms with Crippen LogP contribution in [-0.2, 0) is 20.8 Å². The van der Waals surface area contributed by atoms with E-state index < -0.39 is 11.6 Å². The number of likely N-dealkylation sites (tertiary alicyclic amines) is 1. The number of benzene rings is 1. The summed E-state index contributed by atoms with van der Waals surface area (Å²) in [6, 6.07) is 7.81. The summed E-state index contributed by atoms with van der Waals surface area (Å²) in [5, 5.41) is 20.3. The van der Waals surface area contributed by atoms with Crippen molar-refractivity contribution >= 4 is 5.97 Å². The van der Waals surface area contributed by atoms with Crippen molar-refractivity contribution in [2.75, 3.05) is 39.6 Å². The van der Waals surface area contributed by atoms with E-state index >= 15 is 0 Å². The molecule has 27 heavy (non-hydrogen) atoms. The lowest BCUT2D eigenvalue weighted by atomic mass is 9.66. The molecule has 4 rings (SSSR count). The van der Waals surface area contributed by atoms with Gasteiger partial charge in [0.25, 0.3) is 0 Å². The molecule has 0 saturated carbocycles. The lowest BCUT2D eigenvalue weighted by Gasteiger charge is -2.57. The van der Waals surface area contributed by atoms with Crippen LogP contribution in [0.3, 0.4) is 0 Å². The number of carboxylic acids is 1. The molecule has 0 aliphatic carbocycles. The molecule has 7 heteroatoms. The molecular weight excluding hydrogens is 350 g/mol. The number of aliphatic carboxylic acids is 1. The third kappa shape index (κ3) is 3.69. The molecule has 1 aromatic rings. The summed E-state index contributed by atoms with van der Waals surface area (Å²) in [6.45, 7) is 3.49. The molecule has 148 valence electrons. The first-order valence-corrected chi connectivity index (χ1v) is 9.62. The maximum absolute atomic E-state index is 11.4. The summed E-state index contributed by atoms with van der Waals surface area (Å²) in [7, 11) is 0. The van der Waals surface area contributed by atoms with Crippen LogP contribution >= 0.6 is 0 Å². The zero-order valence-electron chi connectivity index (χ0n) is 15.4. The Balaban J connectivity index is 1.56. The Bertz CT molecular complexity index is 682. The monoisotopic (exact) mass is 377 g/mol. The van der Waals surface area contributed by atoms with Crippen molar-refractivity contribution in [1.29, 1.82) is 0 Å². The van der Waals surface area contributed by atoms with Crippen LogP contribution in [-0.4, -0.2) is 72.3 Å². The van der Waals surface area contributed by atoms with Gasteiger partial charge >= 0.3 is 5.97 Å². The number of rotatable bonds is 5. The van der Waals surface area contributed by atoms with E-state index in [4.69, 9.17) is 19.3 Å². The molecule has 3 fully saturated rings. The summed E-state index contributed by atoms with van der Waals surface area (Å²) in [5.74, 6) is -0.261. The molecule has 0 spiro atoms. The van der Waals surface area contributed by atoms with Gasteiger partial charge in [-0.3, -0.25) is 4.90 Å². The molecule has 0 aromatic heterocycles. The Hall–Kier alpha value is -1.67. The SMILES string of the molecule is O=C(O)COc1ccccc1CN1C[C@H]2COCC[C@@]2(O)[C@@H]2COCC[C@@H]21. The number of aliphatic hydroxyl groups is 1. The summed E-state index contributed by atoms with van der Waals surface area (Å²) >= 11 is 0. The fraction of sp³-hybridized carbons (Fsp3) is 0.650. The van der Waals surface area contributed by atoms with Crippen LogP contribution in [0.5, 0.6) is 5.75 Å². The lowest BCUT2D eigenvalue weighted by Crippen LogP contribution is -2.67. The fourth-order valence-corrected chi connectivity index (χ4v) is 4.88. The normalized spacial score (nSPS) is 33.7. The largest absolute Gasteiger partial charge is 0.482 e. The van der Waals surface area contributed by atoms with Gasteiger partial charge in [0, 0.05) is 56.2 Å². The van der Waals surface area contributed by atoms with Crippen molar-refractivity contribution < 1.29 is 29.2 Å². The number of ether oxygens (including phenoxy) is 3. The minimum Gasteiger partial charge on any atom is -0.482 e. The molecule has 3 aliphatic heterocycles. The van der Waals surface area contributed by atoms with Crippen LogP contribution in [0.1, 0.15) is 18.4 Å². The Morgan fingerprint density at radius 1 is 1.26 bits per heavy atom. The summed E-state index contributed by atoms with van der Waals surface area (Å²) < 4.78 is 16.9. The first-order valence-electron chi connectivity index (χ1n) is 9.62. The van der Waals surface area contributed by atoms with Gasteiger partial charge in [-0.25, -0.2) is 4.79 Å². The predicted molar refractivity (Wildman–Crippen MR) is 96.6 cm³/mol. The topological polar surface area (TPSA) is 88.5 Å². The number of hydrogen-bond acceptors (Lipinski definition) is 6. The second kappa shape index (κ2) is 7.75. The third-order valence-electron chi connectivity index (χ3n) is 6.26. The third-order valence-corrected chi connectivity index (χ3v) is 6.26. The molecule has 3 saturated heterocycles. The molecule has 0 amide bonds. The molecule has 0 radical (unpaired) electrons. The van der Waals surface area contributed by atoms with Gasteiger partial charge in [-0.1, -0.05) is 18.2 Å².